The Labute approximate surface area is 161 Å². The Bertz CT molecular complexity index is 792. The van der Waals surface area contributed by atoms with Gasteiger partial charge in [0.1, 0.15) is 11.9 Å². The van der Waals surface area contributed by atoms with Crippen LogP contribution in [-0.4, -0.2) is 22.4 Å². The number of benzene rings is 1. The van der Waals surface area contributed by atoms with E-state index < -0.39 is 6.10 Å². The van der Waals surface area contributed by atoms with Gasteiger partial charge in [-0.1, -0.05) is 39.0 Å². The molecule has 0 radical (unpaired) electrons. The first kappa shape index (κ1) is 20.7. The van der Waals surface area contributed by atoms with Gasteiger partial charge in [-0.05, 0) is 44.2 Å². The molecule has 2 unspecified atom stereocenters. The number of nitrogens with zero attached hydrogens (tertiary/aromatic N) is 2. The first-order chi connectivity index (χ1) is 12.9. The highest BCUT2D eigenvalue weighted by atomic mass is 16.5. The molecule has 2 atom stereocenters. The zero-order valence-electron chi connectivity index (χ0n) is 16.9. The van der Waals surface area contributed by atoms with Gasteiger partial charge in [0, 0.05) is 6.54 Å². The molecule has 2 aromatic rings. The summed E-state index contributed by atoms with van der Waals surface area (Å²) in [5.41, 5.74) is 8.56. The third kappa shape index (κ3) is 4.76. The summed E-state index contributed by atoms with van der Waals surface area (Å²) < 4.78 is 6.36. The van der Waals surface area contributed by atoms with E-state index in [1.54, 1.807) is 6.92 Å². The lowest BCUT2D eigenvalue weighted by molar-refractivity contribution is 0.0947. The van der Waals surface area contributed by atoms with E-state index in [4.69, 9.17) is 10.5 Å². The van der Waals surface area contributed by atoms with E-state index >= 15 is 0 Å². The smallest absolute Gasteiger partial charge is 0.255 e. The van der Waals surface area contributed by atoms with Gasteiger partial charge >= 0.3 is 0 Å². The number of hydrogen-bond acceptors (Lipinski definition) is 5. The molecule has 1 amide bonds. The zero-order valence-corrected chi connectivity index (χ0v) is 16.9. The average Bonchev–Trinajstić information content (AvgIpc) is 2.65. The van der Waals surface area contributed by atoms with Crippen LogP contribution in [0, 0.1) is 6.92 Å². The quantitative estimate of drug-likeness (QED) is 0.728. The lowest BCUT2D eigenvalue weighted by atomic mass is 9.97. The van der Waals surface area contributed by atoms with E-state index in [0.29, 0.717) is 35.8 Å². The molecule has 0 aliphatic heterocycles. The van der Waals surface area contributed by atoms with Crippen molar-refractivity contribution in [3.05, 3.63) is 46.8 Å². The number of anilines is 1. The third-order valence-electron chi connectivity index (χ3n) is 4.71. The molecule has 0 saturated carbocycles. The highest BCUT2D eigenvalue weighted by molar-refractivity contribution is 5.96. The molecular weight excluding hydrogens is 340 g/mol. The maximum Gasteiger partial charge on any atom is 0.255 e. The van der Waals surface area contributed by atoms with Crippen LogP contribution in [0.5, 0.6) is 5.75 Å². The van der Waals surface area contributed by atoms with E-state index in [2.05, 4.69) is 35.2 Å². The summed E-state index contributed by atoms with van der Waals surface area (Å²) in [6.07, 6.45) is 1.27. The molecule has 0 bridgehead atoms. The maximum absolute atomic E-state index is 12.6. The van der Waals surface area contributed by atoms with Crippen LogP contribution in [0.1, 0.15) is 79.9 Å². The number of ether oxygens (including phenoxy) is 1. The van der Waals surface area contributed by atoms with Crippen molar-refractivity contribution in [1.82, 2.24) is 15.3 Å². The minimum atomic E-state index is -0.392. The number of amides is 1. The fraction of sp³-hybridized carbons (Fsp3) is 0.476. The molecule has 0 spiro atoms. The van der Waals surface area contributed by atoms with Crippen LogP contribution in [0.15, 0.2) is 24.3 Å². The SMILES string of the molecule is CCNC(=O)c1c(C)nc(N)nc1C(CC)Oc1ccccc1C(C)CC. The molecule has 0 saturated heterocycles. The molecule has 27 heavy (non-hydrogen) atoms. The second-order valence-electron chi connectivity index (χ2n) is 6.65. The Morgan fingerprint density at radius 2 is 1.89 bits per heavy atom. The third-order valence-corrected chi connectivity index (χ3v) is 4.71. The Morgan fingerprint density at radius 3 is 2.52 bits per heavy atom. The molecule has 1 heterocycles. The molecule has 1 aromatic carbocycles. The van der Waals surface area contributed by atoms with Crippen molar-refractivity contribution in [3.63, 3.8) is 0 Å². The average molecular weight is 370 g/mol. The van der Waals surface area contributed by atoms with Crippen LogP contribution in [0.2, 0.25) is 0 Å². The van der Waals surface area contributed by atoms with Gasteiger partial charge in [-0.2, -0.15) is 0 Å². The van der Waals surface area contributed by atoms with Gasteiger partial charge in [-0.25, -0.2) is 9.97 Å². The highest BCUT2D eigenvalue weighted by Gasteiger charge is 2.25. The summed E-state index contributed by atoms with van der Waals surface area (Å²) in [5.74, 6) is 1.13. The summed E-state index contributed by atoms with van der Waals surface area (Å²) in [7, 11) is 0. The Balaban J connectivity index is 2.49. The van der Waals surface area contributed by atoms with Crippen LogP contribution >= 0.6 is 0 Å². The summed E-state index contributed by atoms with van der Waals surface area (Å²) in [5, 5.41) is 2.83. The number of nitrogens with one attached hydrogen (secondary N) is 1. The normalized spacial score (nSPS) is 13.1. The number of aryl methyl sites for hydroxylation is 1. The van der Waals surface area contributed by atoms with Crippen molar-refractivity contribution >= 4 is 11.9 Å². The molecule has 0 aliphatic rings. The van der Waals surface area contributed by atoms with E-state index in [9.17, 15) is 4.79 Å². The lowest BCUT2D eigenvalue weighted by Gasteiger charge is -2.23. The monoisotopic (exact) mass is 370 g/mol. The molecular formula is C21H30N4O2. The fourth-order valence-electron chi connectivity index (χ4n) is 3.08. The van der Waals surface area contributed by atoms with Gasteiger partial charge in [-0.15, -0.1) is 0 Å². The van der Waals surface area contributed by atoms with E-state index in [1.807, 2.05) is 32.0 Å². The Kier molecular flexibility index (Phi) is 7.16. The van der Waals surface area contributed by atoms with Crippen molar-refractivity contribution in [2.24, 2.45) is 0 Å². The molecule has 0 aliphatic carbocycles. The number of rotatable bonds is 8. The van der Waals surface area contributed by atoms with Crippen molar-refractivity contribution in [1.29, 1.82) is 0 Å². The molecule has 0 fully saturated rings. The second kappa shape index (κ2) is 9.35. The lowest BCUT2D eigenvalue weighted by Crippen LogP contribution is -2.28. The second-order valence-corrected chi connectivity index (χ2v) is 6.65. The van der Waals surface area contributed by atoms with Crippen LogP contribution in [0.25, 0.3) is 0 Å². The number of carbonyl (C=O) groups excluding carboxylic acids is 1. The minimum Gasteiger partial charge on any atom is -0.484 e. The van der Waals surface area contributed by atoms with E-state index in [1.165, 1.54) is 0 Å². The van der Waals surface area contributed by atoms with E-state index in [-0.39, 0.29) is 11.9 Å². The molecule has 6 nitrogen and oxygen atoms in total. The highest BCUT2D eigenvalue weighted by Crippen LogP contribution is 2.33. The zero-order chi connectivity index (χ0) is 20.0. The van der Waals surface area contributed by atoms with Crippen molar-refractivity contribution < 1.29 is 9.53 Å². The first-order valence-corrected chi connectivity index (χ1v) is 9.60. The predicted molar refractivity (Wildman–Crippen MR) is 108 cm³/mol. The number of aromatic nitrogens is 2. The number of nitrogens with two attached hydrogens (primary N) is 1. The topological polar surface area (TPSA) is 90.1 Å². The summed E-state index contributed by atoms with van der Waals surface area (Å²) >= 11 is 0. The molecule has 6 heteroatoms. The Morgan fingerprint density at radius 1 is 1.19 bits per heavy atom. The number of para-hydroxylation sites is 1. The standard InChI is InChI=1S/C21H30N4O2/c1-6-13(4)15-11-9-10-12-17(15)27-16(7-2)19-18(20(26)23-8-3)14(5)24-21(22)25-19/h9-13,16H,6-8H2,1-5H3,(H,23,26)(H2,22,24,25). The predicted octanol–water partition coefficient (Wildman–Crippen LogP) is 4.16. The maximum atomic E-state index is 12.6. The minimum absolute atomic E-state index is 0.146. The van der Waals surface area contributed by atoms with Crippen LogP contribution in [-0.2, 0) is 0 Å². The van der Waals surface area contributed by atoms with Crippen LogP contribution < -0.4 is 15.8 Å². The molecule has 2 rings (SSSR count). The summed E-state index contributed by atoms with van der Waals surface area (Å²) in [4.78, 5) is 21.2. The summed E-state index contributed by atoms with van der Waals surface area (Å²) in [6, 6.07) is 8.02. The van der Waals surface area contributed by atoms with Gasteiger partial charge in [0.15, 0.2) is 0 Å². The van der Waals surface area contributed by atoms with Gasteiger partial charge in [0.05, 0.1) is 17.0 Å². The van der Waals surface area contributed by atoms with Crippen LogP contribution in [0.3, 0.4) is 0 Å². The number of carbonyl (C=O) groups is 1. The van der Waals surface area contributed by atoms with Gasteiger partial charge < -0.3 is 15.8 Å². The van der Waals surface area contributed by atoms with Gasteiger partial charge in [-0.3, -0.25) is 4.79 Å². The van der Waals surface area contributed by atoms with Crippen molar-refractivity contribution in [2.45, 2.75) is 59.5 Å². The number of hydrogen-bond donors (Lipinski definition) is 2. The van der Waals surface area contributed by atoms with Gasteiger partial charge in [0.25, 0.3) is 5.91 Å². The molecule has 3 N–H and O–H groups in total. The van der Waals surface area contributed by atoms with Crippen molar-refractivity contribution in [3.8, 4) is 5.75 Å². The van der Waals surface area contributed by atoms with Gasteiger partial charge in [0.2, 0.25) is 5.95 Å². The first-order valence-electron chi connectivity index (χ1n) is 9.60. The molecule has 146 valence electrons. The Hall–Kier alpha value is -2.63. The molecule has 1 aromatic heterocycles. The van der Waals surface area contributed by atoms with Crippen molar-refractivity contribution in [2.75, 3.05) is 12.3 Å². The fourth-order valence-corrected chi connectivity index (χ4v) is 3.08. The number of nitrogen functional groups attached to an aromatic ring is 1. The van der Waals surface area contributed by atoms with E-state index in [0.717, 1.165) is 17.7 Å². The summed E-state index contributed by atoms with van der Waals surface area (Å²) in [6.45, 7) is 10.5. The largest absolute Gasteiger partial charge is 0.484 e. The van der Waals surface area contributed by atoms with Crippen LogP contribution in [0.4, 0.5) is 5.95 Å².